The number of ketones is 1. The molecule has 0 radical (unpaired) electrons. The van der Waals surface area contributed by atoms with Crippen molar-refractivity contribution in [1.29, 1.82) is 0 Å². The Balaban J connectivity index is 2.91. The molecule has 0 N–H and O–H groups in total. The van der Waals surface area contributed by atoms with Crippen LogP contribution in [0.25, 0.3) is 0 Å². The van der Waals surface area contributed by atoms with Crippen LogP contribution in [0.15, 0.2) is 23.1 Å². The Bertz CT molecular complexity index is 341. The maximum atomic E-state index is 11.6. The van der Waals surface area contributed by atoms with Crippen LogP contribution in [0.4, 0.5) is 0 Å². The molecule has 0 aromatic heterocycles. The van der Waals surface area contributed by atoms with Crippen molar-refractivity contribution in [2.45, 2.75) is 11.3 Å². The summed E-state index contributed by atoms with van der Waals surface area (Å²) in [4.78, 5) is 12.8. The lowest BCUT2D eigenvalue weighted by Crippen LogP contribution is -2.00. The van der Waals surface area contributed by atoms with Crippen LogP contribution in [0.3, 0.4) is 0 Å². The van der Waals surface area contributed by atoms with Crippen molar-refractivity contribution < 1.29 is 4.79 Å². The van der Waals surface area contributed by atoms with Gasteiger partial charge in [-0.3, -0.25) is 4.79 Å². The molecule has 0 saturated carbocycles. The zero-order valence-electron chi connectivity index (χ0n) is 7.72. The highest BCUT2D eigenvalue weighted by molar-refractivity contribution is 14.1. The van der Waals surface area contributed by atoms with E-state index in [1.807, 2.05) is 24.5 Å². The maximum Gasteiger partial charge on any atom is 0.163 e. The van der Waals surface area contributed by atoms with E-state index in [1.54, 1.807) is 11.8 Å². The van der Waals surface area contributed by atoms with Crippen molar-refractivity contribution >= 4 is 56.1 Å². The summed E-state index contributed by atoms with van der Waals surface area (Å²) in [5.74, 6) is 0.201. The van der Waals surface area contributed by atoms with E-state index in [0.29, 0.717) is 6.42 Å². The number of Topliss-reactive ketones (excluding diaryl/α,β-unsaturated/α-hetero) is 1. The Morgan fingerprint density at radius 2 is 2.29 bits per heavy atom. The zero-order chi connectivity index (χ0) is 10.6. The van der Waals surface area contributed by atoms with Crippen LogP contribution in [0.5, 0.6) is 0 Å². The van der Waals surface area contributed by atoms with Gasteiger partial charge in [0, 0.05) is 25.8 Å². The number of hydrogen-bond donors (Lipinski definition) is 0. The SMILES string of the molecule is CSc1ccc(C(=O)CCBr)cc1I. The summed E-state index contributed by atoms with van der Waals surface area (Å²) < 4.78 is 1.15. The standard InChI is InChI=1S/C10H10BrIOS/c1-14-10-3-2-7(6-8(10)12)9(13)4-5-11/h2-3,6H,4-5H2,1H3. The fraction of sp³-hybridized carbons (Fsp3) is 0.300. The number of benzene rings is 1. The van der Waals surface area contributed by atoms with E-state index in [-0.39, 0.29) is 5.78 Å². The smallest absolute Gasteiger partial charge is 0.163 e. The van der Waals surface area contributed by atoms with E-state index < -0.39 is 0 Å². The third-order valence-corrected chi connectivity index (χ3v) is 4.25. The van der Waals surface area contributed by atoms with Gasteiger partial charge >= 0.3 is 0 Å². The minimum absolute atomic E-state index is 0.201. The van der Waals surface area contributed by atoms with E-state index in [9.17, 15) is 4.79 Å². The average Bonchev–Trinajstić information content (AvgIpc) is 2.18. The summed E-state index contributed by atoms with van der Waals surface area (Å²) in [5, 5.41) is 0.729. The molecule has 1 nitrogen and oxygen atoms in total. The topological polar surface area (TPSA) is 17.1 Å². The molecule has 0 aliphatic heterocycles. The second-order valence-corrected chi connectivity index (χ2v) is 5.51. The number of carbonyl (C=O) groups excluding carboxylic acids is 1. The van der Waals surface area contributed by atoms with Crippen molar-refractivity contribution in [3.8, 4) is 0 Å². The van der Waals surface area contributed by atoms with Crippen LogP contribution in [-0.2, 0) is 0 Å². The van der Waals surface area contributed by atoms with Gasteiger partial charge in [0.2, 0.25) is 0 Å². The van der Waals surface area contributed by atoms with Crippen LogP contribution < -0.4 is 0 Å². The number of halogens is 2. The van der Waals surface area contributed by atoms with Crippen LogP contribution in [0.2, 0.25) is 0 Å². The molecule has 0 heterocycles. The Morgan fingerprint density at radius 3 is 2.79 bits per heavy atom. The quantitative estimate of drug-likeness (QED) is 0.338. The monoisotopic (exact) mass is 384 g/mol. The molecule has 0 atom stereocenters. The molecule has 0 spiro atoms. The normalized spacial score (nSPS) is 10.2. The molecule has 1 aromatic carbocycles. The van der Waals surface area contributed by atoms with Gasteiger partial charge in [-0.1, -0.05) is 22.0 Å². The molecule has 0 fully saturated rings. The summed E-state index contributed by atoms with van der Waals surface area (Å²) in [6, 6.07) is 5.87. The second-order valence-electron chi connectivity index (χ2n) is 2.71. The maximum absolute atomic E-state index is 11.6. The lowest BCUT2D eigenvalue weighted by atomic mass is 10.1. The first kappa shape index (κ1) is 12.5. The Morgan fingerprint density at radius 1 is 1.57 bits per heavy atom. The minimum Gasteiger partial charge on any atom is -0.294 e. The highest BCUT2D eigenvalue weighted by Crippen LogP contribution is 2.23. The molecule has 1 rings (SSSR count). The van der Waals surface area contributed by atoms with Crippen molar-refractivity contribution in [1.82, 2.24) is 0 Å². The van der Waals surface area contributed by atoms with Gasteiger partial charge in [-0.15, -0.1) is 11.8 Å². The number of carbonyl (C=O) groups is 1. The van der Waals surface area contributed by atoms with E-state index >= 15 is 0 Å². The number of rotatable bonds is 4. The summed E-state index contributed by atoms with van der Waals surface area (Å²) in [7, 11) is 0. The van der Waals surface area contributed by atoms with Gasteiger partial charge in [0.15, 0.2) is 5.78 Å². The van der Waals surface area contributed by atoms with Gasteiger partial charge < -0.3 is 0 Å². The first-order chi connectivity index (χ1) is 6.69. The van der Waals surface area contributed by atoms with Gasteiger partial charge in [0.05, 0.1) is 0 Å². The summed E-state index contributed by atoms with van der Waals surface area (Å²) in [6.07, 6.45) is 2.60. The summed E-state index contributed by atoms with van der Waals surface area (Å²) in [6.45, 7) is 0. The van der Waals surface area contributed by atoms with E-state index in [4.69, 9.17) is 0 Å². The first-order valence-electron chi connectivity index (χ1n) is 4.11. The third kappa shape index (κ3) is 3.24. The molecule has 0 saturated heterocycles. The van der Waals surface area contributed by atoms with Crippen LogP contribution in [0.1, 0.15) is 16.8 Å². The number of thioether (sulfide) groups is 1. The minimum atomic E-state index is 0.201. The second kappa shape index (κ2) is 6.12. The molecule has 4 heteroatoms. The molecule has 0 unspecified atom stereocenters. The van der Waals surface area contributed by atoms with Crippen LogP contribution >= 0.6 is 50.3 Å². The van der Waals surface area contributed by atoms with Crippen LogP contribution in [0, 0.1) is 3.57 Å². The lowest BCUT2D eigenvalue weighted by Gasteiger charge is -2.03. The van der Waals surface area contributed by atoms with E-state index in [1.165, 1.54) is 4.90 Å². The molecular formula is C10H10BrIOS. The molecule has 0 amide bonds. The third-order valence-electron chi connectivity index (χ3n) is 1.80. The molecule has 0 bridgehead atoms. The van der Waals surface area contributed by atoms with Gasteiger partial charge in [0.25, 0.3) is 0 Å². The van der Waals surface area contributed by atoms with Gasteiger partial charge in [-0.2, -0.15) is 0 Å². The van der Waals surface area contributed by atoms with E-state index in [2.05, 4.69) is 38.5 Å². The predicted molar refractivity (Wildman–Crippen MR) is 73.7 cm³/mol. The van der Waals surface area contributed by atoms with Crippen molar-refractivity contribution in [2.24, 2.45) is 0 Å². The van der Waals surface area contributed by atoms with Crippen LogP contribution in [-0.4, -0.2) is 17.4 Å². The molecule has 0 aliphatic rings. The first-order valence-corrected chi connectivity index (χ1v) is 7.54. The molecular weight excluding hydrogens is 375 g/mol. The van der Waals surface area contributed by atoms with Gasteiger partial charge in [-0.05, 0) is 41.0 Å². The largest absolute Gasteiger partial charge is 0.294 e. The Labute approximate surface area is 110 Å². The fourth-order valence-corrected chi connectivity index (χ4v) is 3.06. The Hall–Kier alpha value is 0.450. The van der Waals surface area contributed by atoms with Crippen molar-refractivity contribution in [2.75, 3.05) is 11.6 Å². The Kier molecular flexibility index (Phi) is 5.48. The number of alkyl halides is 1. The zero-order valence-corrected chi connectivity index (χ0v) is 12.3. The lowest BCUT2D eigenvalue weighted by molar-refractivity contribution is 0.0989. The highest BCUT2D eigenvalue weighted by Gasteiger charge is 2.07. The van der Waals surface area contributed by atoms with Crippen molar-refractivity contribution in [3.05, 3.63) is 27.3 Å². The molecule has 1 aromatic rings. The summed E-state index contributed by atoms with van der Waals surface area (Å²) >= 11 is 7.23. The average molecular weight is 385 g/mol. The highest BCUT2D eigenvalue weighted by atomic mass is 127. The van der Waals surface area contributed by atoms with Gasteiger partial charge in [0.1, 0.15) is 0 Å². The molecule has 14 heavy (non-hydrogen) atoms. The molecule has 76 valence electrons. The van der Waals surface area contributed by atoms with Crippen molar-refractivity contribution in [3.63, 3.8) is 0 Å². The predicted octanol–water partition coefficient (Wildman–Crippen LogP) is 3.98. The van der Waals surface area contributed by atoms with E-state index in [0.717, 1.165) is 14.5 Å². The van der Waals surface area contributed by atoms with Gasteiger partial charge in [-0.25, -0.2) is 0 Å². The summed E-state index contributed by atoms with van der Waals surface area (Å²) in [5.41, 5.74) is 0.812. The fourth-order valence-electron chi connectivity index (χ4n) is 1.07. The molecule has 0 aliphatic carbocycles. The number of hydrogen-bond acceptors (Lipinski definition) is 2.